The number of phenolic OH excluding ortho intramolecular Hbond substituents is 1. The molecule has 0 aliphatic carbocycles. The van der Waals surface area contributed by atoms with Crippen LogP contribution in [-0.2, 0) is 0 Å². The van der Waals surface area contributed by atoms with Crippen molar-refractivity contribution in [1.82, 2.24) is 4.98 Å². The van der Waals surface area contributed by atoms with E-state index < -0.39 is 5.97 Å². The third-order valence-corrected chi connectivity index (χ3v) is 4.13. The molecule has 1 aromatic heterocycles. The van der Waals surface area contributed by atoms with Gasteiger partial charge >= 0.3 is 5.97 Å². The van der Waals surface area contributed by atoms with Crippen LogP contribution in [-0.4, -0.2) is 21.2 Å². The quantitative estimate of drug-likeness (QED) is 0.769. The highest BCUT2D eigenvalue weighted by Gasteiger charge is 2.19. The van der Waals surface area contributed by atoms with E-state index in [-0.39, 0.29) is 11.4 Å². The molecule has 0 amide bonds. The number of aromatic nitrogens is 1. The maximum Gasteiger partial charge on any atom is 0.356 e. The van der Waals surface area contributed by atoms with E-state index in [0.717, 1.165) is 11.1 Å². The fourth-order valence-electron chi connectivity index (χ4n) is 1.98. The Hall–Kier alpha value is -2.66. The SMILES string of the molecule is O=C(O)c1nc(-c2ccc(O)cc2)sc1-c1ccccc1. The summed E-state index contributed by atoms with van der Waals surface area (Å²) in [5.41, 5.74) is 1.66. The lowest BCUT2D eigenvalue weighted by Crippen LogP contribution is -1.98. The summed E-state index contributed by atoms with van der Waals surface area (Å²) < 4.78 is 0. The maximum atomic E-state index is 11.4. The summed E-state index contributed by atoms with van der Waals surface area (Å²) in [5.74, 6) is -0.882. The van der Waals surface area contributed by atoms with Gasteiger partial charge in [-0.1, -0.05) is 30.3 Å². The summed E-state index contributed by atoms with van der Waals surface area (Å²) in [6.45, 7) is 0. The van der Waals surface area contributed by atoms with Crippen LogP contribution < -0.4 is 0 Å². The lowest BCUT2D eigenvalue weighted by Gasteiger charge is -1.97. The molecular formula is C16H11NO3S. The molecule has 104 valence electrons. The number of thiazole rings is 1. The van der Waals surface area contributed by atoms with Crippen molar-refractivity contribution in [2.45, 2.75) is 0 Å². The first-order valence-electron chi connectivity index (χ1n) is 6.24. The number of carbonyl (C=O) groups is 1. The molecule has 2 aromatic carbocycles. The molecule has 2 N–H and O–H groups in total. The molecule has 21 heavy (non-hydrogen) atoms. The zero-order valence-corrected chi connectivity index (χ0v) is 11.7. The summed E-state index contributed by atoms with van der Waals surface area (Å²) in [7, 11) is 0. The molecular weight excluding hydrogens is 286 g/mol. The molecule has 0 spiro atoms. The molecule has 0 fully saturated rings. The second-order valence-corrected chi connectivity index (χ2v) is 5.41. The summed E-state index contributed by atoms with van der Waals surface area (Å²) >= 11 is 1.33. The monoisotopic (exact) mass is 297 g/mol. The first-order chi connectivity index (χ1) is 10.1. The van der Waals surface area contributed by atoms with Crippen LogP contribution in [0.3, 0.4) is 0 Å². The predicted molar refractivity (Wildman–Crippen MR) is 81.6 cm³/mol. The summed E-state index contributed by atoms with van der Waals surface area (Å²) in [6.07, 6.45) is 0. The lowest BCUT2D eigenvalue weighted by molar-refractivity contribution is 0.0692. The Morgan fingerprint density at radius 2 is 1.62 bits per heavy atom. The van der Waals surface area contributed by atoms with E-state index in [9.17, 15) is 15.0 Å². The molecule has 3 aromatic rings. The Morgan fingerprint density at radius 3 is 2.24 bits per heavy atom. The minimum absolute atomic E-state index is 0.0503. The van der Waals surface area contributed by atoms with E-state index in [0.29, 0.717) is 9.88 Å². The Bertz CT molecular complexity index is 779. The van der Waals surface area contributed by atoms with Gasteiger partial charge < -0.3 is 10.2 Å². The van der Waals surface area contributed by atoms with Crippen LogP contribution in [0.25, 0.3) is 21.0 Å². The number of carboxylic acids is 1. The Labute approximate surface area is 125 Å². The first kappa shape index (κ1) is 13.3. The molecule has 0 radical (unpaired) electrons. The average Bonchev–Trinajstić information content (AvgIpc) is 2.94. The van der Waals surface area contributed by atoms with Crippen LogP contribution in [0.2, 0.25) is 0 Å². The number of aromatic carboxylic acids is 1. The van der Waals surface area contributed by atoms with Crippen LogP contribution in [0, 0.1) is 0 Å². The molecule has 0 aliphatic rings. The number of hydrogen-bond donors (Lipinski definition) is 2. The summed E-state index contributed by atoms with van der Waals surface area (Å²) in [5, 5.41) is 19.3. The number of rotatable bonds is 3. The van der Waals surface area contributed by atoms with E-state index in [1.807, 2.05) is 30.3 Å². The van der Waals surface area contributed by atoms with Crippen LogP contribution >= 0.6 is 11.3 Å². The highest BCUT2D eigenvalue weighted by Crippen LogP contribution is 2.35. The molecule has 3 rings (SSSR count). The number of carboxylic acid groups (broad SMARTS) is 1. The van der Waals surface area contributed by atoms with Crippen LogP contribution in [0.4, 0.5) is 0 Å². The van der Waals surface area contributed by atoms with Crippen molar-refractivity contribution in [3.05, 3.63) is 60.3 Å². The Balaban J connectivity index is 2.13. The van der Waals surface area contributed by atoms with Gasteiger partial charge in [-0.2, -0.15) is 0 Å². The second-order valence-electron chi connectivity index (χ2n) is 4.41. The molecule has 0 bridgehead atoms. The molecule has 4 nitrogen and oxygen atoms in total. The van der Waals surface area contributed by atoms with E-state index >= 15 is 0 Å². The van der Waals surface area contributed by atoms with Crippen LogP contribution in [0.5, 0.6) is 5.75 Å². The average molecular weight is 297 g/mol. The molecule has 5 heteroatoms. The van der Waals surface area contributed by atoms with Crippen molar-refractivity contribution in [3.63, 3.8) is 0 Å². The normalized spacial score (nSPS) is 10.5. The number of nitrogens with zero attached hydrogens (tertiary/aromatic N) is 1. The van der Waals surface area contributed by atoms with Gasteiger partial charge in [0.1, 0.15) is 10.8 Å². The standard InChI is InChI=1S/C16H11NO3S/c18-12-8-6-11(7-9-12)15-17-13(16(19)20)14(21-15)10-4-2-1-3-5-10/h1-9,18H,(H,19,20). The van der Waals surface area contributed by atoms with Crippen molar-refractivity contribution in [1.29, 1.82) is 0 Å². The fourth-order valence-corrected chi connectivity index (χ4v) is 3.05. The zero-order chi connectivity index (χ0) is 14.8. The molecule has 0 atom stereocenters. The van der Waals surface area contributed by atoms with Gasteiger partial charge in [-0.15, -0.1) is 11.3 Å². The molecule has 0 aliphatic heterocycles. The predicted octanol–water partition coefficient (Wildman–Crippen LogP) is 3.88. The largest absolute Gasteiger partial charge is 0.508 e. The van der Waals surface area contributed by atoms with E-state index in [1.165, 1.54) is 11.3 Å². The van der Waals surface area contributed by atoms with E-state index in [2.05, 4.69) is 4.98 Å². The second kappa shape index (κ2) is 5.38. The van der Waals surface area contributed by atoms with Crippen molar-refractivity contribution in [3.8, 4) is 26.8 Å². The van der Waals surface area contributed by atoms with Gasteiger partial charge in [-0.25, -0.2) is 9.78 Å². The minimum atomic E-state index is -1.05. The highest BCUT2D eigenvalue weighted by molar-refractivity contribution is 7.18. The smallest absolute Gasteiger partial charge is 0.356 e. The van der Waals surface area contributed by atoms with Gasteiger partial charge in [0.15, 0.2) is 5.69 Å². The Morgan fingerprint density at radius 1 is 0.952 bits per heavy atom. The number of benzene rings is 2. The summed E-state index contributed by atoms with van der Waals surface area (Å²) in [6, 6.07) is 15.9. The van der Waals surface area contributed by atoms with E-state index in [4.69, 9.17) is 0 Å². The molecule has 0 saturated heterocycles. The van der Waals surface area contributed by atoms with Crippen LogP contribution in [0.15, 0.2) is 54.6 Å². The van der Waals surface area contributed by atoms with Gasteiger partial charge in [-0.3, -0.25) is 0 Å². The van der Waals surface area contributed by atoms with Gasteiger partial charge in [0.25, 0.3) is 0 Å². The topological polar surface area (TPSA) is 70.4 Å². The third kappa shape index (κ3) is 2.64. The first-order valence-corrected chi connectivity index (χ1v) is 7.06. The maximum absolute atomic E-state index is 11.4. The lowest BCUT2D eigenvalue weighted by atomic mass is 10.1. The number of hydrogen-bond acceptors (Lipinski definition) is 4. The Kier molecular flexibility index (Phi) is 3.41. The van der Waals surface area contributed by atoms with Crippen molar-refractivity contribution < 1.29 is 15.0 Å². The van der Waals surface area contributed by atoms with Crippen LogP contribution in [0.1, 0.15) is 10.5 Å². The van der Waals surface area contributed by atoms with Gasteiger partial charge in [0.05, 0.1) is 4.88 Å². The highest BCUT2D eigenvalue weighted by atomic mass is 32.1. The fraction of sp³-hybridized carbons (Fsp3) is 0. The van der Waals surface area contributed by atoms with E-state index in [1.54, 1.807) is 24.3 Å². The zero-order valence-electron chi connectivity index (χ0n) is 10.9. The molecule has 0 saturated carbocycles. The van der Waals surface area contributed by atoms with Gasteiger partial charge in [0.2, 0.25) is 0 Å². The molecule has 1 heterocycles. The minimum Gasteiger partial charge on any atom is -0.508 e. The molecule has 0 unspecified atom stereocenters. The van der Waals surface area contributed by atoms with Crippen molar-refractivity contribution in [2.24, 2.45) is 0 Å². The van der Waals surface area contributed by atoms with Crippen molar-refractivity contribution >= 4 is 17.3 Å². The van der Waals surface area contributed by atoms with Crippen molar-refractivity contribution in [2.75, 3.05) is 0 Å². The number of phenols is 1. The summed E-state index contributed by atoms with van der Waals surface area (Å²) in [4.78, 5) is 16.3. The van der Waals surface area contributed by atoms with Gasteiger partial charge in [-0.05, 0) is 29.8 Å². The number of aromatic hydroxyl groups is 1. The van der Waals surface area contributed by atoms with Gasteiger partial charge in [0, 0.05) is 5.56 Å². The third-order valence-electron chi connectivity index (χ3n) is 2.98.